The summed E-state index contributed by atoms with van der Waals surface area (Å²) in [5.74, 6) is 0. The predicted octanol–water partition coefficient (Wildman–Crippen LogP) is 3.49. The Balaban J connectivity index is 2.77. The van der Waals surface area contributed by atoms with Gasteiger partial charge in [0.05, 0.1) is 20.8 Å². The first kappa shape index (κ1) is 10.9. The van der Waals surface area contributed by atoms with Crippen LogP contribution in [0.4, 0.5) is 0 Å². The van der Waals surface area contributed by atoms with Gasteiger partial charge in [-0.25, -0.2) is 0 Å². The van der Waals surface area contributed by atoms with Gasteiger partial charge >= 0.3 is 0 Å². The molecule has 2 aromatic rings. The highest BCUT2D eigenvalue weighted by Crippen LogP contribution is 2.36. The van der Waals surface area contributed by atoms with Gasteiger partial charge < -0.3 is 5.11 Å². The second-order valence-corrected chi connectivity index (χ2v) is 5.40. The van der Waals surface area contributed by atoms with Crippen molar-refractivity contribution < 1.29 is 5.11 Å². The quantitative estimate of drug-likeness (QED) is 0.829. The van der Waals surface area contributed by atoms with Gasteiger partial charge in [-0.15, -0.1) is 11.3 Å². The first-order valence-electron chi connectivity index (χ1n) is 4.66. The molecule has 0 aliphatic carbocycles. The van der Waals surface area contributed by atoms with Gasteiger partial charge in [0.25, 0.3) is 0 Å². The molecule has 0 saturated carbocycles. The van der Waals surface area contributed by atoms with Gasteiger partial charge in [0.1, 0.15) is 0 Å². The molecule has 0 aliphatic rings. The average molecular weight is 242 g/mol. The molecule has 0 amide bonds. The molecule has 0 spiro atoms. The lowest BCUT2D eigenvalue weighted by atomic mass is 10.0. The summed E-state index contributed by atoms with van der Waals surface area (Å²) in [6.45, 7) is 5.43. The van der Waals surface area contributed by atoms with Gasteiger partial charge in [-0.1, -0.05) is 11.6 Å². The summed E-state index contributed by atoms with van der Waals surface area (Å²) in [6.07, 6.45) is 1.66. The summed E-state index contributed by atoms with van der Waals surface area (Å²) < 4.78 is 0.953. The second kappa shape index (κ2) is 3.44. The van der Waals surface area contributed by atoms with E-state index in [1.807, 2.05) is 12.3 Å². The minimum absolute atomic E-state index is 0.616. The number of aliphatic hydroxyl groups is 1. The highest BCUT2D eigenvalue weighted by atomic mass is 35.5. The lowest BCUT2D eigenvalue weighted by Gasteiger charge is -2.18. The third kappa shape index (κ3) is 1.75. The zero-order valence-corrected chi connectivity index (χ0v) is 10.4. The van der Waals surface area contributed by atoms with Crippen LogP contribution in [-0.4, -0.2) is 10.1 Å². The van der Waals surface area contributed by atoms with E-state index in [4.69, 9.17) is 11.6 Å². The molecule has 2 nitrogen and oxygen atoms in total. The fourth-order valence-corrected chi connectivity index (χ4v) is 2.94. The summed E-state index contributed by atoms with van der Waals surface area (Å²) in [5, 5.41) is 12.6. The summed E-state index contributed by atoms with van der Waals surface area (Å²) in [4.78, 5) is 4.33. The monoisotopic (exact) mass is 241 g/mol. The molecule has 2 rings (SSSR count). The molecular weight excluding hydrogens is 230 g/mol. The van der Waals surface area contributed by atoms with Crippen LogP contribution in [0.5, 0.6) is 0 Å². The average Bonchev–Trinajstić information content (AvgIpc) is 2.47. The Morgan fingerprint density at radius 2 is 2.13 bits per heavy atom. The maximum atomic E-state index is 9.92. The number of pyridine rings is 1. The molecule has 4 heteroatoms. The van der Waals surface area contributed by atoms with Crippen LogP contribution in [0.1, 0.15) is 25.0 Å². The van der Waals surface area contributed by atoms with E-state index in [2.05, 4.69) is 4.98 Å². The fourth-order valence-electron chi connectivity index (χ4n) is 1.49. The maximum Gasteiger partial charge on any atom is 0.0870 e. The van der Waals surface area contributed by atoms with E-state index in [0.717, 1.165) is 15.8 Å². The topological polar surface area (TPSA) is 33.1 Å². The van der Waals surface area contributed by atoms with E-state index in [-0.39, 0.29) is 0 Å². The number of thiophene rings is 1. The van der Waals surface area contributed by atoms with Crippen LogP contribution in [0.25, 0.3) is 10.2 Å². The Morgan fingerprint density at radius 3 is 2.73 bits per heavy atom. The lowest BCUT2D eigenvalue weighted by Crippen LogP contribution is -2.16. The molecule has 0 aliphatic heterocycles. The second-order valence-electron chi connectivity index (χ2n) is 4.14. The summed E-state index contributed by atoms with van der Waals surface area (Å²) in [6, 6.07) is 0. The van der Waals surface area contributed by atoms with Crippen LogP contribution >= 0.6 is 22.9 Å². The van der Waals surface area contributed by atoms with Crippen LogP contribution in [0, 0.1) is 6.92 Å². The number of halogens is 1. The van der Waals surface area contributed by atoms with Crippen molar-refractivity contribution in [2.45, 2.75) is 26.4 Å². The molecule has 0 aromatic carbocycles. The number of aromatic nitrogens is 1. The molecule has 0 fully saturated rings. The van der Waals surface area contributed by atoms with Crippen molar-refractivity contribution in [1.29, 1.82) is 0 Å². The number of aryl methyl sites for hydroxylation is 1. The van der Waals surface area contributed by atoms with Crippen molar-refractivity contribution in [3.8, 4) is 0 Å². The molecule has 0 saturated heterocycles. The zero-order valence-electron chi connectivity index (χ0n) is 8.84. The Kier molecular flexibility index (Phi) is 2.49. The van der Waals surface area contributed by atoms with Crippen LogP contribution in [0.2, 0.25) is 5.02 Å². The van der Waals surface area contributed by atoms with Crippen LogP contribution in [0.15, 0.2) is 11.6 Å². The molecule has 0 bridgehead atoms. The molecule has 80 valence electrons. The highest BCUT2D eigenvalue weighted by molar-refractivity contribution is 7.18. The summed E-state index contributed by atoms with van der Waals surface area (Å²) >= 11 is 7.82. The van der Waals surface area contributed by atoms with Crippen LogP contribution in [-0.2, 0) is 5.60 Å². The van der Waals surface area contributed by atoms with Gasteiger partial charge in [-0.05, 0) is 31.7 Å². The van der Waals surface area contributed by atoms with Gasteiger partial charge in [0.15, 0.2) is 0 Å². The van der Waals surface area contributed by atoms with Crippen molar-refractivity contribution in [3.63, 3.8) is 0 Å². The Labute approximate surface area is 97.5 Å². The summed E-state index contributed by atoms with van der Waals surface area (Å²) in [5.41, 5.74) is 1.78. The Morgan fingerprint density at radius 1 is 1.47 bits per heavy atom. The first-order chi connectivity index (χ1) is 6.91. The Bertz CT molecular complexity index is 513. The van der Waals surface area contributed by atoms with Crippen molar-refractivity contribution in [1.82, 2.24) is 4.98 Å². The number of nitrogens with zero attached hydrogens (tertiary/aromatic N) is 1. The molecule has 15 heavy (non-hydrogen) atoms. The number of hydrogen-bond donors (Lipinski definition) is 1. The zero-order chi connectivity index (χ0) is 11.2. The van der Waals surface area contributed by atoms with Gasteiger partial charge in [0.2, 0.25) is 0 Å². The van der Waals surface area contributed by atoms with Crippen molar-refractivity contribution >= 4 is 33.2 Å². The predicted molar refractivity (Wildman–Crippen MR) is 64.6 cm³/mol. The molecule has 0 unspecified atom stereocenters. The van der Waals surface area contributed by atoms with E-state index in [1.54, 1.807) is 31.4 Å². The van der Waals surface area contributed by atoms with Crippen molar-refractivity contribution in [3.05, 3.63) is 27.7 Å². The van der Waals surface area contributed by atoms with E-state index in [9.17, 15) is 5.11 Å². The van der Waals surface area contributed by atoms with E-state index < -0.39 is 5.60 Å². The third-order valence-electron chi connectivity index (χ3n) is 2.36. The standard InChI is InChI=1S/C11H12ClNOS/c1-6-5-15-10-8(12)7(11(2,3)14)4-13-9(6)10/h4-5,14H,1-3H3. The van der Waals surface area contributed by atoms with Crippen molar-refractivity contribution in [2.75, 3.05) is 0 Å². The van der Waals surface area contributed by atoms with Gasteiger partial charge in [0, 0.05) is 11.8 Å². The molecule has 1 N–H and O–H groups in total. The largest absolute Gasteiger partial charge is 0.386 e. The molecule has 2 heterocycles. The Hall–Kier alpha value is -0.640. The highest BCUT2D eigenvalue weighted by Gasteiger charge is 2.22. The number of rotatable bonds is 1. The van der Waals surface area contributed by atoms with E-state index >= 15 is 0 Å². The molecular formula is C11H12ClNOS. The minimum atomic E-state index is -0.948. The van der Waals surface area contributed by atoms with E-state index in [1.165, 1.54) is 0 Å². The van der Waals surface area contributed by atoms with Crippen LogP contribution < -0.4 is 0 Å². The number of fused-ring (bicyclic) bond motifs is 1. The molecule has 0 atom stereocenters. The van der Waals surface area contributed by atoms with Gasteiger partial charge in [-0.3, -0.25) is 4.98 Å². The smallest absolute Gasteiger partial charge is 0.0870 e. The lowest BCUT2D eigenvalue weighted by molar-refractivity contribution is 0.0785. The van der Waals surface area contributed by atoms with Crippen molar-refractivity contribution in [2.24, 2.45) is 0 Å². The minimum Gasteiger partial charge on any atom is -0.386 e. The number of hydrogen-bond acceptors (Lipinski definition) is 3. The first-order valence-corrected chi connectivity index (χ1v) is 5.92. The maximum absolute atomic E-state index is 9.92. The normalized spacial score (nSPS) is 12.3. The SMILES string of the molecule is Cc1csc2c(Cl)c(C(C)(C)O)cnc12. The van der Waals surface area contributed by atoms with Gasteiger partial charge in [-0.2, -0.15) is 0 Å². The van der Waals surface area contributed by atoms with E-state index in [0.29, 0.717) is 10.6 Å². The summed E-state index contributed by atoms with van der Waals surface area (Å²) in [7, 11) is 0. The third-order valence-corrected chi connectivity index (χ3v) is 3.97. The fraction of sp³-hybridized carbons (Fsp3) is 0.364. The van der Waals surface area contributed by atoms with Crippen LogP contribution in [0.3, 0.4) is 0 Å². The molecule has 2 aromatic heterocycles. The molecule has 0 radical (unpaired) electrons.